The molecule has 2 heterocycles. The molecule has 0 radical (unpaired) electrons. The van der Waals surface area contributed by atoms with E-state index in [9.17, 15) is 19.2 Å². The fourth-order valence-corrected chi connectivity index (χ4v) is 5.46. The lowest BCUT2D eigenvalue weighted by atomic mass is 10.1. The lowest BCUT2D eigenvalue weighted by Gasteiger charge is -2.31. The second-order valence-electron chi connectivity index (χ2n) is 10.5. The standard InChI is InChI=1S/C33H33N3O7S/c1-44-31(34)24-9-12-28-25(17-24)18-36(32(28)39)19-29(37)23-7-10-26(11-8-23)41-21-30(38)43-27-13-15-35(16-14-27)33(40)42-20-22-5-3-2-4-6-22/h2-12,17,27,34H,13-16,18-21H2,1H3. The van der Waals surface area contributed by atoms with Crippen LogP contribution in [0.1, 0.15) is 50.2 Å². The summed E-state index contributed by atoms with van der Waals surface area (Å²) in [7, 11) is 0. The molecule has 3 aromatic carbocycles. The average Bonchev–Trinajstić information content (AvgIpc) is 3.36. The van der Waals surface area contributed by atoms with Crippen LogP contribution in [0.3, 0.4) is 0 Å². The van der Waals surface area contributed by atoms with Crippen molar-refractivity contribution in [1.82, 2.24) is 9.80 Å². The number of fused-ring (bicyclic) bond motifs is 1. The number of nitrogens with zero attached hydrogens (tertiary/aromatic N) is 2. The number of carbonyl (C=O) groups is 4. The molecular weight excluding hydrogens is 582 g/mol. The summed E-state index contributed by atoms with van der Waals surface area (Å²) >= 11 is 1.33. The van der Waals surface area contributed by atoms with Crippen LogP contribution >= 0.6 is 11.8 Å². The predicted molar refractivity (Wildman–Crippen MR) is 165 cm³/mol. The summed E-state index contributed by atoms with van der Waals surface area (Å²) in [5, 5.41) is 8.43. The summed E-state index contributed by atoms with van der Waals surface area (Å²) in [6.07, 6.45) is 2.15. The van der Waals surface area contributed by atoms with Gasteiger partial charge in [0.2, 0.25) is 0 Å². The molecule has 2 aliphatic heterocycles. The van der Waals surface area contributed by atoms with E-state index < -0.39 is 5.97 Å². The molecule has 11 heteroatoms. The Morgan fingerprint density at radius 3 is 2.36 bits per heavy atom. The Labute approximate surface area is 259 Å². The number of Topliss-reactive ketones (excluding diaryl/α,β-unsaturated/α-hetero) is 1. The van der Waals surface area contributed by atoms with Gasteiger partial charge in [-0.1, -0.05) is 36.4 Å². The van der Waals surface area contributed by atoms with Gasteiger partial charge in [0.15, 0.2) is 12.4 Å². The van der Waals surface area contributed by atoms with E-state index in [0.29, 0.717) is 54.4 Å². The number of likely N-dealkylation sites (tertiary alicyclic amines) is 1. The molecule has 0 aliphatic carbocycles. The average molecular weight is 616 g/mol. The normalized spacial score (nSPS) is 14.6. The number of carbonyl (C=O) groups excluding carboxylic acids is 4. The molecule has 0 atom stereocenters. The maximum atomic E-state index is 12.9. The zero-order valence-electron chi connectivity index (χ0n) is 24.3. The van der Waals surface area contributed by atoms with Crippen LogP contribution in [0, 0.1) is 5.41 Å². The van der Waals surface area contributed by atoms with Crippen LogP contribution in [-0.4, -0.2) is 77.2 Å². The maximum Gasteiger partial charge on any atom is 0.410 e. The van der Waals surface area contributed by atoms with Gasteiger partial charge in [0, 0.05) is 49.2 Å². The van der Waals surface area contributed by atoms with Crippen molar-refractivity contribution < 1.29 is 33.4 Å². The van der Waals surface area contributed by atoms with E-state index in [2.05, 4.69) is 0 Å². The first kappa shape index (κ1) is 30.8. The van der Waals surface area contributed by atoms with Gasteiger partial charge in [0.05, 0.1) is 11.6 Å². The Hall–Kier alpha value is -4.64. The van der Waals surface area contributed by atoms with Gasteiger partial charge in [0.25, 0.3) is 5.91 Å². The Morgan fingerprint density at radius 2 is 1.66 bits per heavy atom. The van der Waals surface area contributed by atoms with Crippen LogP contribution in [-0.2, 0) is 27.4 Å². The molecule has 1 fully saturated rings. The highest BCUT2D eigenvalue weighted by molar-refractivity contribution is 8.13. The van der Waals surface area contributed by atoms with E-state index in [1.54, 1.807) is 41.3 Å². The van der Waals surface area contributed by atoms with Crippen molar-refractivity contribution in [2.45, 2.75) is 32.1 Å². The van der Waals surface area contributed by atoms with Gasteiger partial charge < -0.3 is 24.0 Å². The molecule has 2 aliphatic rings. The van der Waals surface area contributed by atoms with E-state index in [0.717, 1.165) is 16.7 Å². The zero-order chi connectivity index (χ0) is 31.1. The van der Waals surface area contributed by atoms with Crippen molar-refractivity contribution in [2.24, 2.45) is 0 Å². The third kappa shape index (κ3) is 7.65. The number of esters is 1. The molecule has 0 unspecified atom stereocenters. The van der Waals surface area contributed by atoms with Crippen LogP contribution < -0.4 is 4.74 Å². The highest BCUT2D eigenvalue weighted by Gasteiger charge is 2.30. The third-order valence-electron chi connectivity index (χ3n) is 7.52. The highest BCUT2D eigenvalue weighted by atomic mass is 32.2. The third-order valence-corrected chi connectivity index (χ3v) is 8.17. The van der Waals surface area contributed by atoms with Crippen LogP contribution in [0.15, 0.2) is 72.8 Å². The summed E-state index contributed by atoms with van der Waals surface area (Å²) < 4.78 is 16.5. The zero-order valence-corrected chi connectivity index (χ0v) is 25.1. The van der Waals surface area contributed by atoms with Crippen LogP contribution in [0.2, 0.25) is 0 Å². The van der Waals surface area contributed by atoms with Crippen LogP contribution in [0.4, 0.5) is 4.79 Å². The molecule has 1 N–H and O–H groups in total. The quantitative estimate of drug-likeness (QED) is 0.147. The summed E-state index contributed by atoms with van der Waals surface area (Å²) in [4.78, 5) is 53.5. The van der Waals surface area contributed by atoms with Crippen molar-refractivity contribution in [3.63, 3.8) is 0 Å². The number of thioether (sulfide) groups is 1. The fraction of sp³-hybridized carbons (Fsp3) is 0.303. The first-order chi connectivity index (χ1) is 21.3. The van der Waals surface area contributed by atoms with Crippen molar-refractivity contribution in [2.75, 3.05) is 32.5 Å². The number of rotatable bonds is 10. The van der Waals surface area contributed by atoms with Crippen molar-refractivity contribution in [1.29, 1.82) is 5.41 Å². The van der Waals surface area contributed by atoms with Crippen molar-refractivity contribution in [3.8, 4) is 5.75 Å². The molecule has 228 valence electrons. The Balaban J connectivity index is 1.02. The summed E-state index contributed by atoms with van der Waals surface area (Å²) in [6, 6.07) is 21.2. The van der Waals surface area contributed by atoms with Gasteiger partial charge in [-0.2, -0.15) is 0 Å². The second kappa shape index (κ2) is 14.2. The summed E-state index contributed by atoms with van der Waals surface area (Å²) in [6.45, 7) is 1.03. The van der Waals surface area contributed by atoms with Gasteiger partial charge in [0.1, 0.15) is 18.5 Å². The molecule has 0 saturated carbocycles. The molecule has 0 bridgehead atoms. The number of ether oxygens (including phenoxy) is 3. The molecule has 2 amide bonds. The number of piperidine rings is 1. The molecule has 10 nitrogen and oxygen atoms in total. The SMILES string of the molecule is CSC(=N)c1ccc2c(c1)CN(CC(=O)c1ccc(OCC(=O)OC3CCN(C(=O)OCc4ccccc4)CC3)cc1)C2=O. The smallest absolute Gasteiger partial charge is 0.410 e. The molecule has 3 aromatic rings. The van der Waals surface area contributed by atoms with Gasteiger partial charge in [-0.15, -0.1) is 11.8 Å². The minimum Gasteiger partial charge on any atom is -0.482 e. The lowest BCUT2D eigenvalue weighted by Crippen LogP contribution is -2.42. The summed E-state index contributed by atoms with van der Waals surface area (Å²) in [5.74, 6) is -0.534. The van der Waals surface area contributed by atoms with E-state index in [-0.39, 0.29) is 43.6 Å². The Bertz CT molecular complexity index is 1540. The first-order valence-electron chi connectivity index (χ1n) is 14.3. The molecular formula is C33H33N3O7S. The van der Waals surface area contributed by atoms with Gasteiger partial charge >= 0.3 is 12.1 Å². The maximum absolute atomic E-state index is 12.9. The molecule has 1 saturated heterocycles. The number of hydrogen-bond acceptors (Lipinski definition) is 9. The number of hydrogen-bond donors (Lipinski definition) is 1. The van der Waals surface area contributed by atoms with Crippen LogP contribution in [0.25, 0.3) is 0 Å². The van der Waals surface area contributed by atoms with E-state index in [1.807, 2.05) is 42.7 Å². The first-order valence-corrected chi connectivity index (χ1v) is 15.5. The number of ketones is 1. The predicted octanol–water partition coefficient (Wildman–Crippen LogP) is 4.94. The van der Waals surface area contributed by atoms with Gasteiger partial charge in [-0.05, 0) is 53.8 Å². The van der Waals surface area contributed by atoms with Crippen LogP contribution in [0.5, 0.6) is 5.75 Å². The molecule has 44 heavy (non-hydrogen) atoms. The topological polar surface area (TPSA) is 126 Å². The number of benzene rings is 3. The molecule has 5 rings (SSSR count). The largest absolute Gasteiger partial charge is 0.482 e. The van der Waals surface area contributed by atoms with Crippen molar-refractivity contribution >= 4 is 40.6 Å². The van der Waals surface area contributed by atoms with E-state index >= 15 is 0 Å². The van der Waals surface area contributed by atoms with Gasteiger partial charge in [-0.25, -0.2) is 9.59 Å². The van der Waals surface area contributed by atoms with E-state index in [1.165, 1.54) is 16.7 Å². The minimum atomic E-state index is -0.516. The molecule has 0 spiro atoms. The second-order valence-corrected chi connectivity index (χ2v) is 11.3. The highest BCUT2D eigenvalue weighted by Crippen LogP contribution is 2.26. The van der Waals surface area contributed by atoms with Crippen molar-refractivity contribution in [3.05, 3.63) is 101 Å². The summed E-state index contributed by atoms with van der Waals surface area (Å²) in [5.41, 5.74) is 3.45. The fourth-order valence-electron chi connectivity index (χ4n) is 5.10. The lowest BCUT2D eigenvalue weighted by molar-refractivity contribution is -0.153. The van der Waals surface area contributed by atoms with E-state index in [4.69, 9.17) is 19.6 Å². The molecule has 0 aromatic heterocycles. The monoisotopic (exact) mass is 615 g/mol. The van der Waals surface area contributed by atoms with Gasteiger partial charge in [-0.3, -0.25) is 15.0 Å². The number of nitrogens with one attached hydrogen (secondary N) is 1. The Morgan fingerprint density at radius 1 is 0.955 bits per heavy atom. The number of amides is 2. The minimum absolute atomic E-state index is 0.0705. The Kier molecular flexibility index (Phi) is 9.96.